The third kappa shape index (κ3) is 4.27. The van der Waals surface area contributed by atoms with Crippen molar-refractivity contribution < 1.29 is 13.2 Å². The van der Waals surface area contributed by atoms with Crippen molar-refractivity contribution in [3.05, 3.63) is 24.3 Å². The van der Waals surface area contributed by atoms with Crippen LogP contribution < -0.4 is 10.2 Å². The Morgan fingerprint density at radius 1 is 0.958 bits per heavy atom. The predicted molar refractivity (Wildman–Crippen MR) is 95.7 cm³/mol. The van der Waals surface area contributed by atoms with Crippen LogP contribution in [0.5, 0.6) is 0 Å². The van der Waals surface area contributed by atoms with Crippen molar-refractivity contribution in [1.29, 1.82) is 0 Å². The lowest BCUT2D eigenvalue weighted by atomic mass is 10.2. The molecule has 2 fully saturated rings. The maximum atomic E-state index is 12.1. The molecule has 0 atom stereocenters. The standard InChI is InChI=1S/C17H25N3O3S/c21-17(9-14-24(22,23)20-12-3-4-13-20)18-15-5-7-16(8-6-15)19-10-1-2-11-19/h5-8H,1-4,9-14H2,(H,18,21). The molecular formula is C17H25N3O3S. The van der Waals surface area contributed by atoms with Gasteiger partial charge in [-0.2, -0.15) is 0 Å². The number of amides is 1. The van der Waals surface area contributed by atoms with Crippen molar-refractivity contribution in [3.63, 3.8) is 0 Å². The second-order valence-electron chi connectivity index (χ2n) is 6.46. The molecular weight excluding hydrogens is 326 g/mol. The zero-order valence-electron chi connectivity index (χ0n) is 13.9. The highest BCUT2D eigenvalue weighted by Gasteiger charge is 2.25. The summed E-state index contributed by atoms with van der Waals surface area (Å²) in [6.45, 7) is 3.34. The van der Waals surface area contributed by atoms with Crippen LogP contribution in [0.15, 0.2) is 24.3 Å². The van der Waals surface area contributed by atoms with Crippen molar-refractivity contribution in [2.24, 2.45) is 0 Å². The molecule has 0 aromatic heterocycles. The number of benzene rings is 1. The third-order valence-electron chi connectivity index (χ3n) is 4.67. The highest BCUT2D eigenvalue weighted by atomic mass is 32.2. The molecule has 24 heavy (non-hydrogen) atoms. The zero-order chi connectivity index (χ0) is 17.0. The molecule has 2 heterocycles. The summed E-state index contributed by atoms with van der Waals surface area (Å²) < 4.78 is 25.7. The van der Waals surface area contributed by atoms with Crippen LogP contribution in [0.1, 0.15) is 32.1 Å². The average Bonchev–Trinajstić information content (AvgIpc) is 3.27. The van der Waals surface area contributed by atoms with Crippen molar-refractivity contribution in [2.75, 3.05) is 42.1 Å². The summed E-state index contributed by atoms with van der Waals surface area (Å²) in [6.07, 6.45) is 4.27. The van der Waals surface area contributed by atoms with E-state index >= 15 is 0 Å². The van der Waals surface area contributed by atoms with Crippen molar-refractivity contribution in [3.8, 4) is 0 Å². The number of nitrogens with zero attached hydrogens (tertiary/aromatic N) is 2. The smallest absolute Gasteiger partial charge is 0.225 e. The van der Waals surface area contributed by atoms with E-state index < -0.39 is 10.0 Å². The van der Waals surface area contributed by atoms with E-state index in [-0.39, 0.29) is 18.1 Å². The van der Waals surface area contributed by atoms with Crippen LogP contribution in [0.4, 0.5) is 11.4 Å². The van der Waals surface area contributed by atoms with E-state index in [4.69, 9.17) is 0 Å². The van der Waals surface area contributed by atoms with Crippen LogP contribution in [0.25, 0.3) is 0 Å². The zero-order valence-corrected chi connectivity index (χ0v) is 14.7. The normalized spacial score (nSPS) is 18.9. The fraction of sp³-hybridized carbons (Fsp3) is 0.588. The summed E-state index contributed by atoms with van der Waals surface area (Å²) >= 11 is 0. The Labute approximate surface area is 143 Å². The molecule has 2 saturated heterocycles. The summed E-state index contributed by atoms with van der Waals surface area (Å²) in [5.41, 5.74) is 1.88. The first-order valence-corrected chi connectivity index (χ1v) is 10.3. The van der Waals surface area contributed by atoms with E-state index in [1.165, 1.54) is 22.8 Å². The first-order chi connectivity index (χ1) is 11.5. The molecule has 1 N–H and O–H groups in total. The van der Waals surface area contributed by atoms with Crippen molar-refractivity contribution >= 4 is 27.3 Å². The number of hydrogen-bond acceptors (Lipinski definition) is 4. The van der Waals surface area contributed by atoms with Crippen LogP contribution in [-0.2, 0) is 14.8 Å². The van der Waals surface area contributed by atoms with E-state index in [0.29, 0.717) is 18.8 Å². The van der Waals surface area contributed by atoms with Crippen LogP contribution in [0.2, 0.25) is 0 Å². The van der Waals surface area contributed by atoms with Crippen LogP contribution in [0.3, 0.4) is 0 Å². The first kappa shape index (κ1) is 17.2. The van der Waals surface area contributed by atoms with Crippen LogP contribution in [-0.4, -0.2) is 50.6 Å². The first-order valence-electron chi connectivity index (χ1n) is 8.67. The number of sulfonamides is 1. The average molecular weight is 351 g/mol. The number of anilines is 2. The fourth-order valence-corrected chi connectivity index (χ4v) is 4.79. The SMILES string of the molecule is O=C(CCS(=O)(=O)N1CCCC1)Nc1ccc(N2CCCC2)cc1. The maximum absolute atomic E-state index is 12.1. The molecule has 1 aromatic rings. The Hall–Kier alpha value is -1.60. The maximum Gasteiger partial charge on any atom is 0.225 e. The van der Waals surface area contributed by atoms with Crippen LogP contribution in [0, 0.1) is 0 Å². The van der Waals surface area contributed by atoms with Gasteiger partial charge in [-0.1, -0.05) is 0 Å². The van der Waals surface area contributed by atoms with Gasteiger partial charge in [0.05, 0.1) is 5.75 Å². The van der Waals surface area contributed by atoms with E-state index in [2.05, 4.69) is 10.2 Å². The lowest BCUT2D eigenvalue weighted by Crippen LogP contribution is -2.31. The Morgan fingerprint density at radius 3 is 2.17 bits per heavy atom. The van der Waals surface area contributed by atoms with Gasteiger partial charge in [-0.05, 0) is 49.9 Å². The Bertz CT molecular complexity index is 661. The largest absolute Gasteiger partial charge is 0.372 e. The summed E-state index contributed by atoms with van der Waals surface area (Å²) in [7, 11) is -3.30. The number of rotatable bonds is 6. The van der Waals surface area contributed by atoms with Gasteiger partial charge in [0.25, 0.3) is 0 Å². The van der Waals surface area contributed by atoms with Crippen LogP contribution >= 0.6 is 0 Å². The summed E-state index contributed by atoms with van der Waals surface area (Å²) in [5.74, 6) is -0.378. The molecule has 0 bridgehead atoms. The molecule has 1 aromatic carbocycles. The van der Waals surface area contributed by atoms with Gasteiger partial charge in [-0.15, -0.1) is 0 Å². The fourth-order valence-electron chi connectivity index (χ4n) is 3.27. The molecule has 2 aliphatic heterocycles. The van der Waals surface area contributed by atoms with Gasteiger partial charge >= 0.3 is 0 Å². The van der Waals surface area contributed by atoms with Gasteiger partial charge in [0.1, 0.15) is 0 Å². The number of nitrogens with one attached hydrogen (secondary N) is 1. The van der Waals surface area contributed by atoms with Gasteiger partial charge in [0.2, 0.25) is 15.9 Å². The molecule has 0 unspecified atom stereocenters. The van der Waals surface area contributed by atoms with Crippen molar-refractivity contribution in [2.45, 2.75) is 32.1 Å². The quantitative estimate of drug-likeness (QED) is 0.851. The van der Waals surface area contributed by atoms with E-state index in [9.17, 15) is 13.2 Å². The van der Waals surface area contributed by atoms with E-state index in [0.717, 1.165) is 25.9 Å². The van der Waals surface area contributed by atoms with Crippen molar-refractivity contribution in [1.82, 2.24) is 4.31 Å². The molecule has 0 spiro atoms. The molecule has 7 heteroatoms. The Balaban J connectivity index is 1.49. The summed E-state index contributed by atoms with van der Waals surface area (Å²) in [5, 5.41) is 2.78. The molecule has 0 radical (unpaired) electrons. The van der Waals surface area contributed by atoms with Gasteiger partial charge in [0.15, 0.2) is 0 Å². The second kappa shape index (κ2) is 7.53. The molecule has 3 rings (SSSR count). The van der Waals surface area contributed by atoms with Gasteiger partial charge in [-0.25, -0.2) is 12.7 Å². The lowest BCUT2D eigenvalue weighted by Gasteiger charge is -2.18. The number of carbonyl (C=O) groups excluding carboxylic acids is 1. The third-order valence-corrected chi connectivity index (χ3v) is 6.54. The number of carbonyl (C=O) groups is 1. The van der Waals surface area contributed by atoms with Gasteiger partial charge in [-0.3, -0.25) is 4.79 Å². The topological polar surface area (TPSA) is 69.7 Å². The Morgan fingerprint density at radius 2 is 1.54 bits per heavy atom. The lowest BCUT2D eigenvalue weighted by molar-refractivity contribution is -0.115. The van der Waals surface area contributed by atoms with E-state index in [1.54, 1.807) is 0 Å². The minimum Gasteiger partial charge on any atom is -0.372 e. The minimum atomic E-state index is -3.30. The second-order valence-corrected chi connectivity index (χ2v) is 8.55. The van der Waals surface area contributed by atoms with E-state index in [1.807, 2.05) is 24.3 Å². The Kier molecular flexibility index (Phi) is 5.40. The molecule has 0 aliphatic carbocycles. The molecule has 132 valence electrons. The predicted octanol–water partition coefficient (Wildman–Crippen LogP) is 2.04. The molecule has 0 saturated carbocycles. The van der Waals surface area contributed by atoms with Gasteiger partial charge in [0, 0.05) is 44.0 Å². The summed E-state index contributed by atoms with van der Waals surface area (Å²) in [4.78, 5) is 14.3. The highest BCUT2D eigenvalue weighted by Crippen LogP contribution is 2.22. The molecule has 1 amide bonds. The molecule has 2 aliphatic rings. The highest BCUT2D eigenvalue weighted by molar-refractivity contribution is 7.89. The monoisotopic (exact) mass is 351 g/mol. The van der Waals surface area contributed by atoms with Gasteiger partial charge < -0.3 is 10.2 Å². The summed E-state index contributed by atoms with van der Waals surface area (Å²) in [6, 6.07) is 7.75. The number of hydrogen-bond donors (Lipinski definition) is 1. The molecule has 6 nitrogen and oxygen atoms in total. The minimum absolute atomic E-state index is 0.00723.